The lowest BCUT2D eigenvalue weighted by molar-refractivity contribution is 0.0533. The van der Waals surface area contributed by atoms with E-state index >= 15 is 0 Å². The van der Waals surface area contributed by atoms with Crippen LogP contribution < -0.4 is 5.73 Å². The zero-order chi connectivity index (χ0) is 11.0. The lowest BCUT2D eigenvalue weighted by Crippen LogP contribution is -2.04. The van der Waals surface area contributed by atoms with Crippen LogP contribution in [-0.2, 0) is 4.74 Å². The van der Waals surface area contributed by atoms with E-state index in [2.05, 4.69) is 4.37 Å². The van der Waals surface area contributed by atoms with E-state index in [-0.39, 0.29) is 5.97 Å². The fourth-order valence-corrected chi connectivity index (χ4v) is 3.19. The van der Waals surface area contributed by atoms with Crippen LogP contribution in [0.1, 0.15) is 21.5 Å². The minimum atomic E-state index is -0.359. The number of fused-ring (bicyclic) bond motifs is 1. The van der Waals surface area contributed by atoms with Crippen LogP contribution in [-0.4, -0.2) is 16.9 Å². The molecule has 2 aromatic heterocycles. The Balaban J connectivity index is 2.53. The van der Waals surface area contributed by atoms with Crippen LogP contribution in [0.4, 0.5) is 5.69 Å². The standard InChI is InChI=1S/C9H10N2O2S2/c1-3-13-9(12)7-6(10)5-4(2)15-11-8(5)14-7/h3,10H2,1-2H3. The van der Waals surface area contributed by atoms with Crippen LogP contribution in [0.15, 0.2) is 0 Å². The molecule has 2 aromatic rings. The van der Waals surface area contributed by atoms with E-state index in [1.807, 2.05) is 6.92 Å². The maximum atomic E-state index is 11.5. The van der Waals surface area contributed by atoms with Gasteiger partial charge in [0.05, 0.1) is 17.7 Å². The number of aromatic nitrogens is 1. The van der Waals surface area contributed by atoms with Crippen molar-refractivity contribution >= 4 is 44.7 Å². The van der Waals surface area contributed by atoms with Gasteiger partial charge in [-0.3, -0.25) is 0 Å². The lowest BCUT2D eigenvalue weighted by Gasteiger charge is -1.99. The van der Waals surface area contributed by atoms with Crippen molar-refractivity contribution in [1.82, 2.24) is 4.37 Å². The Morgan fingerprint density at radius 3 is 2.93 bits per heavy atom. The van der Waals surface area contributed by atoms with Crippen LogP contribution >= 0.6 is 22.9 Å². The molecule has 0 radical (unpaired) electrons. The number of carbonyl (C=O) groups is 1. The van der Waals surface area contributed by atoms with Gasteiger partial charge >= 0.3 is 5.97 Å². The van der Waals surface area contributed by atoms with Gasteiger partial charge in [0.15, 0.2) is 0 Å². The van der Waals surface area contributed by atoms with Gasteiger partial charge in [-0.25, -0.2) is 4.79 Å². The maximum absolute atomic E-state index is 11.5. The van der Waals surface area contributed by atoms with Gasteiger partial charge < -0.3 is 10.5 Å². The highest BCUT2D eigenvalue weighted by molar-refractivity contribution is 7.23. The van der Waals surface area contributed by atoms with Gasteiger partial charge in [-0.15, -0.1) is 11.3 Å². The molecule has 0 aliphatic carbocycles. The number of thiophene rings is 1. The number of anilines is 1. The predicted octanol–water partition coefficient (Wildman–Crippen LogP) is 2.43. The van der Waals surface area contributed by atoms with Gasteiger partial charge in [-0.2, -0.15) is 4.37 Å². The molecule has 15 heavy (non-hydrogen) atoms. The van der Waals surface area contributed by atoms with Gasteiger partial charge in [0.25, 0.3) is 0 Å². The van der Waals surface area contributed by atoms with Crippen molar-refractivity contribution in [3.05, 3.63) is 9.75 Å². The number of hydrogen-bond donors (Lipinski definition) is 1. The molecule has 0 aromatic carbocycles. The zero-order valence-electron chi connectivity index (χ0n) is 8.36. The smallest absolute Gasteiger partial charge is 0.350 e. The molecular weight excluding hydrogens is 232 g/mol. The van der Waals surface area contributed by atoms with Gasteiger partial charge in [0.1, 0.15) is 9.71 Å². The minimum Gasteiger partial charge on any atom is -0.462 e. The number of hydrogen-bond acceptors (Lipinski definition) is 6. The van der Waals surface area contributed by atoms with Crippen LogP contribution in [0, 0.1) is 6.92 Å². The Morgan fingerprint density at radius 1 is 1.60 bits per heavy atom. The molecule has 0 unspecified atom stereocenters. The first-order chi connectivity index (χ1) is 7.15. The Hall–Kier alpha value is -1.14. The van der Waals surface area contributed by atoms with Crippen LogP contribution in [0.2, 0.25) is 0 Å². The monoisotopic (exact) mass is 242 g/mol. The highest BCUT2D eigenvalue weighted by Gasteiger charge is 2.20. The highest BCUT2D eigenvalue weighted by Crippen LogP contribution is 2.37. The number of aryl methyl sites for hydroxylation is 1. The summed E-state index contributed by atoms with van der Waals surface area (Å²) < 4.78 is 9.13. The van der Waals surface area contributed by atoms with Crippen molar-refractivity contribution in [2.75, 3.05) is 12.3 Å². The first-order valence-electron chi connectivity index (χ1n) is 4.46. The Kier molecular flexibility index (Phi) is 2.62. The van der Waals surface area contributed by atoms with Crippen LogP contribution in [0.25, 0.3) is 10.2 Å². The molecule has 2 rings (SSSR count). The van der Waals surface area contributed by atoms with E-state index in [4.69, 9.17) is 10.5 Å². The second-order valence-corrected chi connectivity index (χ2v) is 4.96. The molecule has 6 heteroatoms. The fourth-order valence-electron chi connectivity index (χ4n) is 1.34. The molecule has 0 saturated heterocycles. The number of nitrogens with two attached hydrogens (primary N) is 1. The van der Waals surface area contributed by atoms with E-state index in [0.29, 0.717) is 17.2 Å². The molecule has 0 spiro atoms. The number of rotatable bonds is 2. The normalized spacial score (nSPS) is 10.8. The molecule has 4 nitrogen and oxygen atoms in total. The predicted molar refractivity (Wildman–Crippen MR) is 62.6 cm³/mol. The number of nitrogens with zero attached hydrogens (tertiary/aromatic N) is 1. The molecule has 2 N–H and O–H groups in total. The average Bonchev–Trinajstić information content (AvgIpc) is 2.70. The van der Waals surface area contributed by atoms with E-state index in [9.17, 15) is 4.79 Å². The average molecular weight is 242 g/mol. The molecule has 80 valence electrons. The molecule has 0 aliphatic heterocycles. The number of ether oxygens (including phenoxy) is 1. The maximum Gasteiger partial charge on any atom is 0.350 e. The summed E-state index contributed by atoms with van der Waals surface area (Å²) in [6.07, 6.45) is 0. The summed E-state index contributed by atoms with van der Waals surface area (Å²) in [5.74, 6) is -0.359. The SMILES string of the molecule is CCOC(=O)c1sc2nsc(C)c2c1N. The molecular formula is C9H10N2O2S2. The molecule has 2 heterocycles. The third-order valence-corrected chi connectivity index (χ3v) is 3.95. The summed E-state index contributed by atoms with van der Waals surface area (Å²) in [6.45, 7) is 4.07. The largest absolute Gasteiger partial charge is 0.462 e. The number of esters is 1. The highest BCUT2D eigenvalue weighted by atomic mass is 32.1. The van der Waals surface area contributed by atoms with E-state index in [1.54, 1.807) is 6.92 Å². The van der Waals surface area contributed by atoms with Crippen molar-refractivity contribution in [3.63, 3.8) is 0 Å². The summed E-state index contributed by atoms with van der Waals surface area (Å²) in [5.41, 5.74) is 6.39. The number of nitrogen functional groups attached to an aromatic ring is 1. The fraction of sp³-hybridized carbons (Fsp3) is 0.333. The first kappa shape index (κ1) is 10.4. The minimum absolute atomic E-state index is 0.357. The quantitative estimate of drug-likeness (QED) is 0.821. The van der Waals surface area contributed by atoms with E-state index in [0.717, 1.165) is 15.1 Å². The Bertz CT molecular complexity index is 515. The van der Waals surface area contributed by atoms with Gasteiger partial charge in [0, 0.05) is 4.88 Å². The van der Waals surface area contributed by atoms with Gasteiger partial charge in [-0.05, 0) is 25.4 Å². The van der Waals surface area contributed by atoms with Crippen LogP contribution in [0.3, 0.4) is 0 Å². The molecule has 0 atom stereocenters. The molecule has 0 saturated carbocycles. The zero-order valence-corrected chi connectivity index (χ0v) is 10.00. The molecule has 0 amide bonds. The van der Waals surface area contributed by atoms with Crippen molar-refractivity contribution < 1.29 is 9.53 Å². The molecule has 0 bridgehead atoms. The summed E-state index contributed by atoms with van der Waals surface area (Å²) in [4.78, 5) is 13.8. The topological polar surface area (TPSA) is 65.2 Å². The van der Waals surface area contributed by atoms with Gasteiger partial charge in [-0.1, -0.05) is 0 Å². The Morgan fingerprint density at radius 2 is 2.33 bits per heavy atom. The van der Waals surface area contributed by atoms with E-state index in [1.165, 1.54) is 22.9 Å². The Labute approximate surface area is 94.8 Å². The molecule has 0 fully saturated rings. The first-order valence-corrected chi connectivity index (χ1v) is 6.05. The van der Waals surface area contributed by atoms with Crippen LogP contribution in [0.5, 0.6) is 0 Å². The van der Waals surface area contributed by atoms with Crippen molar-refractivity contribution in [2.24, 2.45) is 0 Å². The van der Waals surface area contributed by atoms with Crippen molar-refractivity contribution in [3.8, 4) is 0 Å². The lowest BCUT2D eigenvalue weighted by atomic mass is 10.3. The summed E-state index contributed by atoms with van der Waals surface area (Å²) in [6, 6.07) is 0. The third kappa shape index (κ3) is 1.59. The molecule has 0 aliphatic rings. The third-order valence-electron chi connectivity index (χ3n) is 2.00. The van der Waals surface area contributed by atoms with E-state index < -0.39 is 0 Å². The summed E-state index contributed by atoms with van der Waals surface area (Å²) in [5, 5.41) is 0.896. The summed E-state index contributed by atoms with van der Waals surface area (Å²) in [7, 11) is 0. The summed E-state index contributed by atoms with van der Waals surface area (Å²) >= 11 is 2.69. The second kappa shape index (κ2) is 3.79. The van der Waals surface area contributed by atoms with Crippen molar-refractivity contribution in [2.45, 2.75) is 13.8 Å². The van der Waals surface area contributed by atoms with Gasteiger partial charge in [0.2, 0.25) is 0 Å². The number of carbonyl (C=O) groups excluding carboxylic acids is 1. The second-order valence-electron chi connectivity index (χ2n) is 2.98. The van der Waals surface area contributed by atoms with Crippen molar-refractivity contribution in [1.29, 1.82) is 0 Å².